The summed E-state index contributed by atoms with van der Waals surface area (Å²) in [6.45, 7) is 0.825. The highest BCUT2D eigenvalue weighted by Crippen LogP contribution is 2.35. The lowest BCUT2D eigenvalue weighted by Crippen LogP contribution is -2.48. The van der Waals surface area contributed by atoms with E-state index in [1.807, 2.05) is 0 Å². The molecule has 1 heterocycles. The second kappa shape index (κ2) is 6.34. The van der Waals surface area contributed by atoms with Crippen LogP contribution < -0.4 is 5.32 Å². The summed E-state index contributed by atoms with van der Waals surface area (Å²) in [7, 11) is 0. The molecule has 2 saturated carbocycles. The van der Waals surface area contributed by atoms with E-state index in [0.29, 0.717) is 37.7 Å². The number of hydrogen-bond acceptors (Lipinski definition) is 3. The maximum atomic E-state index is 12.4. The number of rotatable bonds is 3. The average molecular weight is 295 g/mol. The van der Waals surface area contributed by atoms with Crippen LogP contribution in [0.25, 0.3) is 0 Å². The molecule has 5 heteroatoms. The van der Waals surface area contributed by atoms with Crippen molar-refractivity contribution in [3.8, 4) is 0 Å². The number of fused-ring (bicyclic) bond motifs is 1. The monoisotopic (exact) mass is 295 g/mol. The first kappa shape index (κ1) is 14.8. The average Bonchev–Trinajstić information content (AvgIpc) is 2.97. The number of hydrogen-bond donors (Lipinski definition) is 2. The van der Waals surface area contributed by atoms with Gasteiger partial charge in [-0.25, -0.2) is 0 Å². The molecule has 0 aromatic carbocycles. The Morgan fingerprint density at radius 3 is 2.38 bits per heavy atom. The number of amides is 1. The van der Waals surface area contributed by atoms with Gasteiger partial charge in [0.1, 0.15) is 0 Å². The predicted octanol–water partition coefficient (Wildman–Crippen LogP) is 1.95. The summed E-state index contributed by atoms with van der Waals surface area (Å²) >= 11 is 0. The van der Waals surface area contributed by atoms with Gasteiger partial charge in [-0.15, -0.1) is 0 Å². The molecule has 118 valence electrons. The van der Waals surface area contributed by atoms with E-state index < -0.39 is 5.97 Å². The summed E-state index contributed by atoms with van der Waals surface area (Å²) in [6, 6.07) is 0.260. The molecule has 3 atom stereocenters. The maximum absolute atomic E-state index is 12.4. The second-order valence-corrected chi connectivity index (χ2v) is 6.79. The highest BCUT2D eigenvalue weighted by Gasteiger charge is 2.39. The number of nitrogens with one attached hydrogen (secondary N) is 1. The van der Waals surface area contributed by atoms with Crippen LogP contribution in [-0.4, -0.2) is 35.7 Å². The molecule has 3 fully saturated rings. The Hall–Kier alpha value is -1.10. The molecule has 3 aliphatic rings. The summed E-state index contributed by atoms with van der Waals surface area (Å²) in [5, 5.41) is 12.3. The third kappa shape index (κ3) is 3.23. The first-order valence-corrected chi connectivity index (χ1v) is 8.30. The molecule has 1 amide bonds. The van der Waals surface area contributed by atoms with Crippen molar-refractivity contribution in [2.24, 2.45) is 17.8 Å². The first-order chi connectivity index (χ1) is 10.1. The highest BCUT2D eigenvalue weighted by molar-refractivity contribution is 5.79. The highest BCUT2D eigenvalue weighted by atomic mass is 16.5. The van der Waals surface area contributed by atoms with Crippen LogP contribution in [0.2, 0.25) is 0 Å². The molecule has 1 aliphatic heterocycles. The van der Waals surface area contributed by atoms with Crippen LogP contribution >= 0.6 is 0 Å². The van der Waals surface area contributed by atoms with Gasteiger partial charge in [0.05, 0.1) is 12.0 Å². The zero-order valence-electron chi connectivity index (χ0n) is 12.4. The third-order valence-corrected chi connectivity index (χ3v) is 5.56. The van der Waals surface area contributed by atoms with Gasteiger partial charge in [-0.2, -0.15) is 0 Å². The third-order valence-electron chi connectivity index (χ3n) is 5.56. The van der Waals surface area contributed by atoms with Gasteiger partial charge in [0.25, 0.3) is 0 Å². The Balaban J connectivity index is 1.51. The van der Waals surface area contributed by atoms with E-state index in [2.05, 4.69) is 5.32 Å². The number of carboxylic acids is 1. The Morgan fingerprint density at radius 2 is 1.67 bits per heavy atom. The van der Waals surface area contributed by atoms with Crippen LogP contribution in [-0.2, 0) is 14.3 Å². The minimum atomic E-state index is -0.716. The summed E-state index contributed by atoms with van der Waals surface area (Å²) in [5.41, 5.74) is 0. The van der Waals surface area contributed by atoms with Gasteiger partial charge in [0.15, 0.2) is 0 Å². The fraction of sp³-hybridized carbons (Fsp3) is 0.875. The first-order valence-electron chi connectivity index (χ1n) is 8.30. The maximum Gasteiger partial charge on any atom is 0.306 e. The Kier molecular flexibility index (Phi) is 4.48. The largest absolute Gasteiger partial charge is 0.481 e. The van der Waals surface area contributed by atoms with Crippen LogP contribution in [0.1, 0.15) is 51.4 Å². The second-order valence-electron chi connectivity index (χ2n) is 6.79. The molecule has 0 aromatic rings. The molecule has 0 aromatic heterocycles. The molecule has 2 aliphatic carbocycles. The van der Waals surface area contributed by atoms with E-state index in [-0.39, 0.29) is 23.8 Å². The molecular formula is C16H25NO4. The fourth-order valence-corrected chi connectivity index (χ4v) is 4.26. The summed E-state index contributed by atoms with van der Waals surface area (Å²) in [6.07, 6.45) is 7.38. The molecule has 2 N–H and O–H groups in total. The normalized spacial score (nSPS) is 39.5. The standard InChI is InChI=1S/C16H25NO4/c18-15(10-4-6-11(7-5-10)16(19)20)17-13-2-1-3-14-12(13)8-9-21-14/h10-14H,1-9H2,(H,17,18)(H,19,20). The van der Waals surface area contributed by atoms with E-state index in [0.717, 1.165) is 32.3 Å². The number of aliphatic carboxylic acids is 1. The number of ether oxygens (including phenoxy) is 1. The summed E-state index contributed by atoms with van der Waals surface area (Å²) in [5.74, 6) is -0.346. The van der Waals surface area contributed by atoms with Gasteiger partial charge in [0, 0.05) is 24.5 Å². The molecule has 0 spiro atoms. The lowest BCUT2D eigenvalue weighted by molar-refractivity contribution is -0.144. The molecule has 21 heavy (non-hydrogen) atoms. The van der Waals surface area contributed by atoms with Gasteiger partial charge < -0.3 is 15.2 Å². The Labute approximate surface area is 125 Å². The zero-order chi connectivity index (χ0) is 14.8. The van der Waals surface area contributed by atoms with Gasteiger partial charge >= 0.3 is 5.97 Å². The van der Waals surface area contributed by atoms with Gasteiger partial charge in [-0.3, -0.25) is 9.59 Å². The fourth-order valence-electron chi connectivity index (χ4n) is 4.26. The van der Waals surface area contributed by atoms with Crippen molar-refractivity contribution >= 4 is 11.9 Å². The number of carbonyl (C=O) groups is 2. The minimum absolute atomic E-state index is 0.00305. The lowest BCUT2D eigenvalue weighted by atomic mass is 9.79. The molecule has 3 unspecified atom stereocenters. The van der Waals surface area contributed by atoms with Crippen LogP contribution in [0.4, 0.5) is 0 Å². The van der Waals surface area contributed by atoms with Crippen molar-refractivity contribution in [1.82, 2.24) is 5.32 Å². The van der Waals surface area contributed by atoms with Crippen molar-refractivity contribution in [3.63, 3.8) is 0 Å². The van der Waals surface area contributed by atoms with Crippen molar-refractivity contribution in [2.45, 2.75) is 63.5 Å². The number of carboxylic acid groups (broad SMARTS) is 1. The summed E-state index contributed by atoms with van der Waals surface area (Å²) in [4.78, 5) is 23.4. The molecule has 3 rings (SSSR count). The molecule has 5 nitrogen and oxygen atoms in total. The van der Waals surface area contributed by atoms with Gasteiger partial charge in [0.2, 0.25) is 5.91 Å². The van der Waals surface area contributed by atoms with E-state index in [1.54, 1.807) is 0 Å². The van der Waals surface area contributed by atoms with Crippen LogP contribution in [0.15, 0.2) is 0 Å². The smallest absolute Gasteiger partial charge is 0.306 e. The Morgan fingerprint density at radius 1 is 0.952 bits per heavy atom. The van der Waals surface area contributed by atoms with Crippen molar-refractivity contribution in [3.05, 3.63) is 0 Å². The van der Waals surface area contributed by atoms with E-state index >= 15 is 0 Å². The van der Waals surface area contributed by atoms with Gasteiger partial charge in [-0.1, -0.05) is 0 Å². The molecule has 0 radical (unpaired) electrons. The zero-order valence-corrected chi connectivity index (χ0v) is 12.4. The van der Waals surface area contributed by atoms with Crippen LogP contribution in [0.5, 0.6) is 0 Å². The van der Waals surface area contributed by atoms with Crippen molar-refractivity contribution < 1.29 is 19.4 Å². The predicted molar refractivity (Wildman–Crippen MR) is 76.7 cm³/mol. The van der Waals surface area contributed by atoms with Gasteiger partial charge in [-0.05, 0) is 51.4 Å². The van der Waals surface area contributed by atoms with Crippen molar-refractivity contribution in [2.75, 3.05) is 6.61 Å². The molecule has 1 saturated heterocycles. The van der Waals surface area contributed by atoms with Crippen molar-refractivity contribution in [1.29, 1.82) is 0 Å². The Bertz CT molecular complexity index is 403. The summed E-state index contributed by atoms with van der Waals surface area (Å²) < 4.78 is 5.74. The van der Waals surface area contributed by atoms with Crippen LogP contribution in [0, 0.1) is 17.8 Å². The number of carbonyl (C=O) groups excluding carboxylic acids is 1. The molecule has 0 bridgehead atoms. The SMILES string of the molecule is O=C(O)C1CCC(C(=O)NC2CCCC3OCCC23)CC1. The lowest BCUT2D eigenvalue weighted by Gasteiger charge is -2.35. The van der Waals surface area contributed by atoms with Crippen LogP contribution in [0.3, 0.4) is 0 Å². The molecular weight excluding hydrogens is 270 g/mol. The quantitative estimate of drug-likeness (QED) is 0.834. The topological polar surface area (TPSA) is 75.6 Å². The minimum Gasteiger partial charge on any atom is -0.481 e. The van der Waals surface area contributed by atoms with E-state index in [1.165, 1.54) is 0 Å². The van der Waals surface area contributed by atoms with E-state index in [4.69, 9.17) is 9.84 Å². The van der Waals surface area contributed by atoms with E-state index in [9.17, 15) is 9.59 Å².